The number of carbonyl (C=O) groups is 1. The standard InChI is InChI=1S/C9H18N2O2/c1-7(2)11-4-3-10-5-8(6-11)9(12)13/h7-8,10H,3-6H2,1-2H3,(H,12,13). The van der Waals surface area contributed by atoms with Gasteiger partial charge in [-0.05, 0) is 13.8 Å². The molecule has 0 saturated carbocycles. The summed E-state index contributed by atoms with van der Waals surface area (Å²) in [6, 6.07) is 0.432. The lowest BCUT2D eigenvalue weighted by molar-refractivity contribution is -0.142. The number of nitrogens with one attached hydrogen (secondary N) is 1. The van der Waals surface area contributed by atoms with Crippen LogP contribution in [0, 0.1) is 5.92 Å². The minimum atomic E-state index is -0.694. The zero-order valence-electron chi connectivity index (χ0n) is 8.29. The number of hydrogen-bond acceptors (Lipinski definition) is 3. The van der Waals surface area contributed by atoms with Crippen LogP contribution in [0.25, 0.3) is 0 Å². The van der Waals surface area contributed by atoms with Crippen LogP contribution in [-0.4, -0.2) is 48.2 Å². The minimum Gasteiger partial charge on any atom is -0.481 e. The van der Waals surface area contributed by atoms with E-state index in [1.165, 1.54) is 0 Å². The van der Waals surface area contributed by atoms with Crippen LogP contribution in [0.1, 0.15) is 13.8 Å². The van der Waals surface area contributed by atoms with Gasteiger partial charge in [0.05, 0.1) is 5.92 Å². The SMILES string of the molecule is CC(C)N1CCNCC(C(=O)O)C1. The van der Waals surface area contributed by atoms with Gasteiger partial charge in [-0.3, -0.25) is 9.69 Å². The van der Waals surface area contributed by atoms with E-state index >= 15 is 0 Å². The van der Waals surface area contributed by atoms with Crippen molar-refractivity contribution in [2.24, 2.45) is 5.92 Å². The van der Waals surface area contributed by atoms with Gasteiger partial charge in [0, 0.05) is 32.2 Å². The first-order valence-corrected chi connectivity index (χ1v) is 4.79. The molecule has 4 nitrogen and oxygen atoms in total. The van der Waals surface area contributed by atoms with E-state index in [9.17, 15) is 4.79 Å². The van der Waals surface area contributed by atoms with Crippen molar-refractivity contribution in [3.8, 4) is 0 Å². The van der Waals surface area contributed by atoms with Gasteiger partial charge in [0.1, 0.15) is 0 Å². The molecule has 2 N–H and O–H groups in total. The summed E-state index contributed by atoms with van der Waals surface area (Å²) in [5.74, 6) is -0.954. The average molecular weight is 186 g/mol. The Morgan fingerprint density at radius 2 is 2.31 bits per heavy atom. The van der Waals surface area contributed by atoms with Gasteiger partial charge in [0.25, 0.3) is 0 Å². The Bertz CT molecular complexity index is 182. The third-order valence-electron chi connectivity index (χ3n) is 2.50. The largest absolute Gasteiger partial charge is 0.481 e. The van der Waals surface area contributed by atoms with Crippen molar-refractivity contribution < 1.29 is 9.90 Å². The molecule has 0 bridgehead atoms. The number of hydrogen-bond donors (Lipinski definition) is 2. The highest BCUT2D eigenvalue weighted by molar-refractivity contribution is 5.70. The Morgan fingerprint density at radius 3 is 2.85 bits per heavy atom. The molecule has 1 atom stereocenters. The molecule has 0 spiro atoms. The lowest BCUT2D eigenvalue weighted by Gasteiger charge is -2.25. The molecule has 1 unspecified atom stereocenters. The van der Waals surface area contributed by atoms with E-state index in [4.69, 9.17) is 5.11 Å². The summed E-state index contributed by atoms with van der Waals surface area (Å²) in [6.07, 6.45) is 0. The third-order valence-corrected chi connectivity index (χ3v) is 2.50. The maximum Gasteiger partial charge on any atom is 0.309 e. The molecule has 0 radical (unpaired) electrons. The molecule has 1 fully saturated rings. The van der Waals surface area contributed by atoms with E-state index in [1.54, 1.807) is 0 Å². The zero-order chi connectivity index (χ0) is 9.84. The molecule has 0 aromatic heterocycles. The second-order valence-corrected chi connectivity index (χ2v) is 3.83. The number of nitrogens with zero attached hydrogens (tertiary/aromatic N) is 1. The smallest absolute Gasteiger partial charge is 0.309 e. The van der Waals surface area contributed by atoms with Crippen molar-refractivity contribution in [3.63, 3.8) is 0 Å². The number of carboxylic acids is 1. The maximum atomic E-state index is 10.8. The molecule has 1 saturated heterocycles. The zero-order valence-corrected chi connectivity index (χ0v) is 8.29. The van der Waals surface area contributed by atoms with Crippen LogP contribution in [0.5, 0.6) is 0 Å². The van der Waals surface area contributed by atoms with Crippen LogP contribution in [0.3, 0.4) is 0 Å². The van der Waals surface area contributed by atoms with Crippen LogP contribution in [0.2, 0.25) is 0 Å². The predicted molar refractivity (Wildman–Crippen MR) is 50.7 cm³/mol. The molecule has 0 aliphatic carbocycles. The quantitative estimate of drug-likeness (QED) is 0.637. The van der Waals surface area contributed by atoms with Gasteiger partial charge in [-0.15, -0.1) is 0 Å². The second kappa shape index (κ2) is 4.58. The molecule has 1 heterocycles. The number of rotatable bonds is 2. The molecule has 0 aromatic carbocycles. The highest BCUT2D eigenvalue weighted by atomic mass is 16.4. The Balaban J connectivity index is 2.54. The summed E-state index contributed by atoms with van der Waals surface area (Å²) in [6.45, 7) is 7.30. The van der Waals surface area contributed by atoms with Crippen LogP contribution >= 0.6 is 0 Å². The summed E-state index contributed by atoms with van der Waals surface area (Å²) < 4.78 is 0. The monoisotopic (exact) mass is 186 g/mol. The molecule has 0 aromatic rings. The van der Waals surface area contributed by atoms with E-state index < -0.39 is 5.97 Å². The maximum absolute atomic E-state index is 10.8. The van der Waals surface area contributed by atoms with Gasteiger partial charge in [-0.1, -0.05) is 0 Å². The fourth-order valence-electron chi connectivity index (χ4n) is 1.57. The fraction of sp³-hybridized carbons (Fsp3) is 0.889. The van der Waals surface area contributed by atoms with E-state index in [0.29, 0.717) is 19.1 Å². The summed E-state index contributed by atoms with van der Waals surface area (Å²) in [7, 11) is 0. The molecule has 1 rings (SSSR count). The Labute approximate surface area is 78.9 Å². The Hall–Kier alpha value is -0.610. The van der Waals surface area contributed by atoms with Crippen molar-refractivity contribution in [2.75, 3.05) is 26.2 Å². The van der Waals surface area contributed by atoms with Gasteiger partial charge < -0.3 is 10.4 Å². The Kier molecular flexibility index (Phi) is 3.69. The molecular formula is C9H18N2O2. The molecule has 13 heavy (non-hydrogen) atoms. The lowest BCUT2D eigenvalue weighted by Crippen LogP contribution is -2.38. The van der Waals surface area contributed by atoms with E-state index in [1.807, 2.05) is 0 Å². The first-order valence-electron chi connectivity index (χ1n) is 4.79. The molecular weight excluding hydrogens is 168 g/mol. The van der Waals surface area contributed by atoms with Crippen molar-refractivity contribution in [1.82, 2.24) is 10.2 Å². The van der Waals surface area contributed by atoms with Crippen LogP contribution in [-0.2, 0) is 4.79 Å². The lowest BCUT2D eigenvalue weighted by atomic mass is 10.1. The summed E-state index contributed by atoms with van der Waals surface area (Å²) in [5.41, 5.74) is 0. The molecule has 1 aliphatic heterocycles. The average Bonchev–Trinajstić information content (AvgIpc) is 2.28. The number of carboxylic acid groups (broad SMARTS) is 1. The van der Waals surface area contributed by atoms with Crippen LogP contribution in [0.4, 0.5) is 0 Å². The van der Waals surface area contributed by atoms with Crippen molar-refractivity contribution >= 4 is 5.97 Å². The summed E-state index contributed by atoms with van der Waals surface area (Å²) in [4.78, 5) is 13.0. The van der Waals surface area contributed by atoms with Crippen molar-refractivity contribution in [1.29, 1.82) is 0 Å². The van der Waals surface area contributed by atoms with Gasteiger partial charge in [0.15, 0.2) is 0 Å². The minimum absolute atomic E-state index is 0.259. The molecule has 1 aliphatic rings. The normalized spacial score (nSPS) is 25.9. The van der Waals surface area contributed by atoms with Gasteiger partial charge in [-0.25, -0.2) is 0 Å². The van der Waals surface area contributed by atoms with Crippen LogP contribution < -0.4 is 5.32 Å². The number of aliphatic carboxylic acids is 1. The molecule has 76 valence electrons. The fourth-order valence-corrected chi connectivity index (χ4v) is 1.57. The highest BCUT2D eigenvalue weighted by Gasteiger charge is 2.24. The first kappa shape index (κ1) is 10.5. The van der Waals surface area contributed by atoms with E-state index in [2.05, 4.69) is 24.1 Å². The highest BCUT2D eigenvalue weighted by Crippen LogP contribution is 2.07. The van der Waals surface area contributed by atoms with Gasteiger partial charge in [0.2, 0.25) is 0 Å². The summed E-state index contributed by atoms with van der Waals surface area (Å²) >= 11 is 0. The van der Waals surface area contributed by atoms with E-state index in [-0.39, 0.29) is 5.92 Å². The van der Waals surface area contributed by atoms with Crippen molar-refractivity contribution in [2.45, 2.75) is 19.9 Å². The molecule has 4 heteroatoms. The third kappa shape index (κ3) is 2.97. The molecule has 0 amide bonds. The van der Waals surface area contributed by atoms with Crippen molar-refractivity contribution in [3.05, 3.63) is 0 Å². The Morgan fingerprint density at radius 1 is 1.62 bits per heavy atom. The van der Waals surface area contributed by atoms with Crippen LogP contribution in [0.15, 0.2) is 0 Å². The van der Waals surface area contributed by atoms with Gasteiger partial charge >= 0.3 is 5.97 Å². The second-order valence-electron chi connectivity index (χ2n) is 3.83. The topological polar surface area (TPSA) is 52.6 Å². The predicted octanol–water partition coefficient (Wildman–Crippen LogP) is 0.000800. The first-order chi connectivity index (χ1) is 6.11. The summed E-state index contributed by atoms with van der Waals surface area (Å²) in [5, 5.41) is 12.0. The van der Waals surface area contributed by atoms with Gasteiger partial charge in [-0.2, -0.15) is 0 Å². The van der Waals surface area contributed by atoms with E-state index in [0.717, 1.165) is 13.1 Å².